The summed E-state index contributed by atoms with van der Waals surface area (Å²) in [6.07, 6.45) is 7.19. The molecular formula is C27H59N5. The number of rotatable bonds is 4. The largest absolute Gasteiger partial charge is 0.304 e. The average Bonchev–Trinajstić information content (AvgIpc) is 2.74. The van der Waals surface area contributed by atoms with Crippen molar-refractivity contribution < 1.29 is 0 Å². The fourth-order valence-electron chi connectivity index (χ4n) is 4.72. The van der Waals surface area contributed by atoms with Gasteiger partial charge in [0.1, 0.15) is 0 Å². The molecule has 0 spiro atoms. The lowest BCUT2D eigenvalue weighted by Crippen LogP contribution is -2.48. The van der Waals surface area contributed by atoms with Crippen LogP contribution in [0.15, 0.2) is 0 Å². The topological polar surface area (TPSA) is 16.2 Å². The molecule has 3 aliphatic heterocycles. The Balaban J connectivity index is 0.000000240. The van der Waals surface area contributed by atoms with Gasteiger partial charge in [-0.05, 0) is 81.1 Å². The Morgan fingerprint density at radius 2 is 0.812 bits per heavy atom. The van der Waals surface area contributed by atoms with Gasteiger partial charge in [-0.3, -0.25) is 9.80 Å². The summed E-state index contributed by atoms with van der Waals surface area (Å²) in [5.74, 6) is 0. The third-order valence-corrected chi connectivity index (χ3v) is 7.47. The van der Waals surface area contributed by atoms with Crippen LogP contribution in [0, 0.1) is 0 Å². The van der Waals surface area contributed by atoms with E-state index < -0.39 is 0 Å². The van der Waals surface area contributed by atoms with Crippen molar-refractivity contribution in [2.75, 3.05) is 79.0 Å². The lowest BCUT2D eigenvalue weighted by molar-refractivity contribution is 0.112. The molecule has 0 unspecified atom stereocenters. The second kappa shape index (κ2) is 17.3. The van der Waals surface area contributed by atoms with Crippen LogP contribution < -0.4 is 0 Å². The lowest BCUT2D eigenvalue weighted by Gasteiger charge is -2.36. The number of piperazine rings is 2. The Morgan fingerprint density at radius 1 is 0.469 bits per heavy atom. The van der Waals surface area contributed by atoms with Gasteiger partial charge < -0.3 is 14.7 Å². The fourth-order valence-corrected chi connectivity index (χ4v) is 4.72. The standard InChI is InChI=1S/C10H21N.C9H20N2.C8H18N2/c1-10(2)11-8-6-4-3-5-7-9-11;1-4-10-5-7-11(8-6-10)9(2)3;1-8(2)10-6-4-9(3)5-7-10/h10H,3-9H2,1-2H3;9H,4-8H2,1-3H3;8H,4-7H2,1-3H3. The van der Waals surface area contributed by atoms with E-state index in [0.717, 1.165) is 18.1 Å². The highest BCUT2D eigenvalue weighted by molar-refractivity contribution is 4.73. The number of nitrogens with zero attached hydrogens (tertiary/aromatic N) is 5. The van der Waals surface area contributed by atoms with Crippen molar-refractivity contribution in [1.29, 1.82) is 0 Å². The third-order valence-electron chi connectivity index (χ3n) is 7.47. The number of likely N-dealkylation sites (tertiary alicyclic amines) is 1. The number of likely N-dealkylation sites (N-methyl/N-ethyl adjacent to an activating group) is 2. The molecule has 5 heteroatoms. The van der Waals surface area contributed by atoms with Gasteiger partial charge in [-0.2, -0.15) is 0 Å². The Kier molecular flexibility index (Phi) is 16.1. The minimum atomic E-state index is 0.730. The Bertz CT molecular complexity index is 416. The van der Waals surface area contributed by atoms with Crippen molar-refractivity contribution in [1.82, 2.24) is 24.5 Å². The van der Waals surface area contributed by atoms with Crippen LogP contribution in [-0.2, 0) is 0 Å². The summed E-state index contributed by atoms with van der Waals surface area (Å²) < 4.78 is 0. The highest BCUT2D eigenvalue weighted by Crippen LogP contribution is 2.12. The van der Waals surface area contributed by atoms with E-state index >= 15 is 0 Å². The van der Waals surface area contributed by atoms with Gasteiger partial charge in [0.25, 0.3) is 0 Å². The maximum atomic E-state index is 2.61. The van der Waals surface area contributed by atoms with Crippen molar-refractivity contribution in [3.63, 3.8) is 0 Å². The molecule has 192 valence electrons. The van der Waals surface area contributed by atoms with Gasteiger partial charge in [-0.1, -0.05) is 26.2 Å². The zero-order valence-corrected chi connectivity index (χ0v) is 23.3. The fraction of sp³-hybridized carbons (Fsp3) is 1.00. The van der Waals surface area contributed by atoms with Crippen LogP contribution in [0.1, 0.15) is 80.6 Å². The monoisotopic (exact) mass is 453 g/mol. The Morgan fingerprint density at radius 3 is 1.19 bits per heavy atom. The first-order valence-corrected chi connectivity index (χ1v) is 13.9. The summed E-state index contributed by atoms with van der Waals surface area (Å²) >= 11 is 0. The molecular weight excluding hydrogens is 394 g/mol. The van der Waals surface area contributed by atoms with Crippen molar-refractivity contribution in [2.45, 2.75) is 98.7 Å². The van der Waals surface area contributed by atoms with Crippen LogP contribution in [0.2, 0.25) is 0 Å². The van der Waals surface area contributed by atoms with E-state index in [-0.39, 0.29) is 0 Å². The van der Waals surface area contributed by atoms with Gasteiger partial charge in [-0.25, -0.2) is 0 Å². The van der Waals surface area contributed by atoms with Crippen molar-refractivity contribution in [3.05, 3.63) is 0 Å². The summed E-state index contributed by atoms with van der Waals surface area (Å²) in [7, 11) is 2.19. The molecule has 0 aromatic rings. The van der Waals surface area contributed by atoms with E-state index in [1.807, 2.05) is 0 Å². The first kappa shape index (κ1) is 29.8. The van der Waals surface area contributed by atoms with Crippen LogP contribution in [0.25, 0.3) is 0 Å². The van der Waals surface area contributed by atoms with Crippen molar-refractivity contribution in [2.24, 2.45) is 0 Å². The highest BCUT2D eigenvalue weighted by Gasteiger charge is 2.17. The van der Waals surface area contributed by atoms with Gasteiger partial charge in [0.05, 0.1) is 0 Å². The molecule has 3 aliphatic rings. The Hall–Kier alpha value is -0.200. The molecule has 0 atom stereocenters. The first-order chi connectivity index (χ1) is 15.2. The predicted molar refractivity (Wildman–Crippen MR) is 143 cm³/mol. The van der Waals surface area contributed by atoms with E-state index in [4.69, 9.17) is 0 Å². The van der Waals surface area contributed by atoms with Crippen molar-refractivity contribution in [3.8, 4) is 0 Å². The smallest absolute Gasteiger partial charge is 0.0113 e. The van der Waals surface area contributed by atoms with E-state index in [9.17, 15) is 0 Å². The SMILES string of the molecule is CC(C)N1CCCCCCC1.CC(C)N1CCN(C)CC1.CCN1CCN(C(C)C)CC1. The molecule has 3 heterocycles. The van der Waals surface area contributed by atoms with Crippen LogP contribution in [0.5, 0.6) is 0 Å². The second-order valence-corrected chi connectivity index (χ2v) is 10.9. The molecule has 0 aliphatic carbocycles. The van der Waals surface area contributed by atoms with Gasteiger partial charge >= 0.3 is 0 Å². The summed E-state index contributed by atoms with van der Waals surface area (Å²) in [5, 5.41) is 0. The first-order valence-electron chi connectivity index (χ1n) is 13.9. The summed E-state index contributed by atoms with van der Waals surface area (Å²) in [6, 6.07) is 2.22. The normalized spacial score (nSPS) is 23.3. The zero-order valence-electron chi connectivity index (χ0n) is 23.3. The van der Waals surface area contributed by atoms with Gasteiger partial charge in [0.2, 0.25) is 0 Å². The van der Waals surface area contributed by atoms with Gasteiger partial charge in [0, 0.05) is 70.5 Å². The molecule has 0 amide bonds. The summed E-state index contributed by atoms with van der Waals surface area (Å²) in [6.45, 7) is 29.8. The Labute approximate surface area is 202 Å². The molecule has 0 saturated carbocycles. The van der Waals surface area contributed by atoms with E-state index in [0.29, 0.717) is 0 Å². The van der Waals surface area contributed by atoms with Crippen LogP contribution in [-0.4, -0.2) is 122 Å². The highest BCUT2D eigenvalue weighted by atomic mass is 15.3. The lowest BCUT2D eigenvalue weighted by atomic mass is 10.1. The van der Waals surface area contributed by atoms with Crippen LogP contribution in [0.3, 0.4) is 0 Å². The molecule has 0 aromatic heterocycles. The van der Waals surface area contributed by atoms with Crippen LogP contribution in [0.4, 0.5) is 0 Å². The average molecular weight is 454 g/mol. The summed E-state index contributed by atoms with van der Waals surface area (Å²) in [4.78, 5) is 12.6. The van der Waals surface area contributed by atoms with Gasteiger partial charge in [-0.15, -0.1) is 0 Å². The molecule has 3 rings (SSSR count). The predicted octanol–water partition coefficient (Wildman–Crippen LogP) is 4.34. The van der Waals surface area contributed by atoms with Gasteiger partial charge in [0.15, 0.2) is 0 Å². The molecule has 3 saturated heterocycles. The maximum absolute atomic E-state index is 2.61. The summed E-state index contributed by atoms with van der Waals surface area (Å²) in [5.41, 5.74) is 0. The molecule has 3 fully saturated rings. The second-order valence-electron chi connectivity index (χ2n) is 10.9. The van der Waals surface area contributed by atoms with E-state index in [1.165, 1.54) is 104 Å². The molecule has 32 heavy (non-hydrogen) atoms. The third kappa shape index (κ3) is 12.9. The van der Waals surface area contributed by atoms with Crippen molar-refractivity contribution >= 4 is 0 Å². The van der Waals surface area contributed by atoms with E-state index in [2.05, 4.69) is 80.0 Å². The number of hydrogen-bond donors (Lipinski definition) is 0. The number of hydrogen-bond acceptors (Lipinski definition) is 5. The van der Waals surface area contributed by atoms with E-state index in [1.54, 1.807) is 0 Å². The minimum Gasteiger partial charge on any atom is -0.304 e. The maximum Gasteiger partial charge on any atom is 0.0113 e. The molecule has 5 nitrogen and oxygen atoms in total. The molecule has 0 radical (unpaired) electrons. The van der Waals surface area contributed by atoms with Crippen LogP contribution >= 0.6 is 0 Å². The quantitative estimate of drug-likeness (QED) is 0.628. The molecule has 0 bridgehead atoms. The molecule has 0 aromatic carbocycles. The zero-order chi connectivity index (χ0) is 23.9. The molecule has 0 N–H and O–H groups in total. The minimum absolute atomic E-state index is 0.730.